The number of amides is 1. The number of ether oxygens (including phenoxy) is 1. The molecule has 43 heavy (non-hydrogen) atoms. The highest BCUT2D eigenvalue weighted by Crippen LogP contribution is 2.32. The molecule has 10 nitrogen and oxygen atoms in total. The number of nitrogens with one attached hydrogen (secondary N) is 1. The van der Waals surface area contributed by atoms with Crippen molar-refractivity contribution in [2.75, 3.05) is 18.4 Å². The van der Waals surface area contributed by atoms with E-state index in [2.05, 4.69) is 20.3 Å². The summed E-state index contributed by atoms with van der Waals surface area (Å²) in [6, 6.07) is 7.09. The molecule has 1 saturated heterocycles. The molecular formula is C29H29F3N6O4S. The molecule has 1 aliphatic heterocycles. The van der Waals surface area contributed by atoms with Crippen molar-refractivity contribution < 1.29 is 31.1 Å². The number of likely N-dealkylation sites (tertiary alicyclic amines) is 1. The molecule has 4 aromatic rings. The highest BCUT2D eigenvalue weighted by molar-refractivity contribution is 7.90. The number of nitrogens with zero attached hydrogens (tertiary/aromatic N) is 5. The van der Waals surface area contributed by atoms with Crippen LogP contribution in [0, 0.1) is 18.6 Å². The van der Waals surface area contributed by atoms with E-state index in [4.69, 9.17) is 4.74 Å². The molecule has 2 fully saturated rings. The minimum atomic E-state index is -4.13. The summed E-state index contributed by atoms with van der Waals surface area (Å²) in [6.07, 6.45) is 3.75. The van der Waals surface area contributed by atoms with Gasteiger partial charge in [0.1, 0.15) is 18.1 Å². The van der Waals surface area contributed by atoms with E-state index in [0.717, 1.165) is 28.0 Å². The van der Waals surface area contributed by atoms with E-state index in [9.17, 15) is 26.4 Å². The Morgan fingerprint density at radius 3 is 2.63 bits per heavy atom. The standard InChI is InChI=1S/C29H29F3N6O4S/c1-17-5-7-22(8-6-17)43(40,41)38-16-24(23-11-19(31)13-34-28(23)38)26-33-14-25(32)27(36-26)35-20-3-2-4-21(12-20)42-29(39)37-10-9-18(30)15-37/h5-8,11,13-14,16,18,20-21H,2-4,9-10,12,15H2,1H3,(H,33,35,36)/t18?,20-,21+/m1/s1. The fraction of sp³-hybridized carbons (Fsp3) is 0.379. The van der Waals surface area contributed by atoms with Gasteiger partial charge >= 0.3 is 6.09 Å². The smallest absolute Gasteiger partial charge is 0.410 e. The number of pyridine rings is 1. The number of halogens is 3. The van der Waals surface area contributed by atoms with Gasteiger partial charge in [-0.15, -0.1) is 0 Å². The molecule has 0 radical (unpaired) electrons. The first-order chi connectivity index (χ1) is 20.6. The molecule has 4 heterocycles. The molecule has 226 valence electrons. The molecule has 1 aliphatic carbocycles. The van der Waals surface area contributed by atoms with E-state index in [-0.39, 0.29) is 45.7 Å². The highest BCUT2D eigenvalue weighted by Gasteiger charge is 2.31. The average Bonchev–Trinajstić information content (AvgIpc) is 3.59. The van der Waals surface area contributed by atoms with E-state index >= 15 is 0 Å². The molecule has 0 spiro atoms. The SMILES string of the molecule is Cc1ccc(S(=O)(=O)n2cc(-c3ncc(F)c(N[C@@H]4CCC[C@H](OC(=O)N5CCC(F)C5)C4)n3)c3cc(F)cnc32)cc1. The van der Waals surface area contributed by atoms with Crippen LogP contribution in [0.4, 0.5) is 23.8 Å². The topological polar surface area (TPSA) is 119 Å². The monoisotopic (exact) mass is 614 g/mol. The lowest BCUT2D eigenvalue weighted by Crippen LogP contribution is -2.37. The number of rotatable bonds is 6. The Morgan fingerprint density at radius 2 is 1.88 bits per heavy atom. The summed E-state index contributed by atoms with van der Waals surface area (Å²) in [7, 11) is -4.13. The van der Waals surface area contributed by atoms with Crippen LogP contribution in [0.5, 0.6) is 0 Å². The minimum Gasteiger partial charge on any atom is -0.446 e. The largest absolute Gasteiger partial charge is 0.446 e. The second-order valence-electron chi connectivity index (χ2n) is 10.9. The van der Waals surface area contributed by atoms with E-state index < -0.39 is 40.0 Å². The molecular weight excluding hydrogens is 585 g/mol. The number of carbonyl (C=O) groups is 1. The molecule has 3 atom stereocenters. The van der Waals surface area contributed by atoms with Crippen molar-refractivity contribution in [3.05, 3.63) is 66.1 Å². The first kappa shape index (κ1) is 28.9. The first-order valence-corrected chi connectivity index (χ1v) is 15.4. The van der Waals surface area contributed by atoms with Crippen molar-refractivity contribution in [2.45, 2.75) is 62.2 Å². The maximum Gasteiger partial charge on any atom is 0.410 e. The maximum absolute atomic E-state index is 14.9. The molecule has 1 saturated carbocycles. The average molecular weight is 615 g/mol. The van der Waals surface area contributed by atoms with E-state index in [1.165, 1.54) is 23.2 Å². The summed E-state index contributed by atoms with van der Waals surface area (Å²) < 4.78 is 76.4. The number of anilines is 1. The quantitative estimate of drug-likeness (QED) is 0.314. The number of aryl methyl sites for hydroxylation is 1. The van der Waals surface area contributed by atoms with Gasteiger partial charge in [0.25, 0.3) is 10.0 Å². The third-order valence-electron chi connectivity index (χ3n) is 7.76. The van der Waals surface area contributed by atoms with Crippen molar-refractivity contribution >= 4 is 33.0 Å². The fourth-order valence-corrected chi connectivity index (χ4v) is 6.84. The lowest BCUT2D eigenvalue weighted by molar-refractivity contribution is 0.0472. The zero-order valence-electron chi connectivity index (χ0n) is 23.2. The van der Waals surface area contributed by atoms with Crippen molar-refractivity contribution in [1.29, 1.82) is 0 Å². The van der Waals surface area contributed by atoms with Crippen LogP contribution in [0.25, 0.3) is 22.4 Å². The molecule has 3 aromatic heterocycles. The molecule has 1 N–H and O–H groups in total. The third kappa shape index (κ3) is 5.88. The van der Waals surface area contributed by atoms with Crippen molar-refractivity contribution in [3.63, 3.8) is 0 Å². The lowest BCUT2D eigenvalue weighted by Gasteiger charge is -2.31. The molecule has 1 unspecified atom stereocenters. The summed E-state index contributed by atoms with van der Waals surface area (Å²) in [5, 5.41) is 3.20. The molecule has 1 amide bonds. The number of benzene rings is 1. The number of aromatic nitrogens is 4. The Kier molecular flexibility index (Phi) is 7.71. The summed E-state index contributed by atoms with van der Waals surface area (Å²) >= 11 is 0. The van der Waals surface area contributed by atoms with Gasteiger partial charge in [-0.1, -0.05) is 17.7 Å². The predicted octanol–water partition coefficient (Wildman–Crippen LogP) is 5.22. The second kappa shape index (κ2) is 11.5. The van der Waals surface area contributed by atoms with E-state index in [0.29, 0.717) is 38.6 Å². The van der Waals surface area contributed by atoms with Gasteiger partial charge in [-0.25, -0.2) is 45.3 Å². The Balaban J connectivity index is 1.27. The van der Waals surface area contributed by atoms with Crippen LogP contribution < -0.4 is 5.32 Å². The van der Waals surface area contributed by atoms with Crippen LogP contribution in [0.1, 0.15) is 37.7 Å². The van der Waals surface area contributed by atoms with Gasteiger partial charge in [-0.3, -0.25) is 0 Å². The summed E-state index contributed by atoms with van der Waals surface area (Å²) in [5.41, 5.74) is 0.988. The van der Waals surface area contributed by atoms with Gasteiger partial charge in [0.05, 0.1) is 23.8 Å². The number of carbonyl (C=O) groups excluding carboxylic acids is 1. The van der Waals surface area contributed by atoms with Crippen LogP contribution in [-0.2, 0) is 14.8 Å². The summed E-state index contributed by atoms with van der Waals surface area (Å²) in [6.45, 7) is 2.16. The zero-order valence-corrected chi connectivity index (χ0v) is 24.0. The van der Waals surface area contributed by atoms with Crippen LogP contribution in [0.15, 0.2) is 53.8 Å². The third-order valence-corrected chi connectivity index (χ3v) is 9.43. The Morgan fingerprint density at radius 1 is 1.09 bits per heavy atom. The zero-order chi connectivity index (χ0) is 30.3. The van der Waals surface area contributed by atoms with Crippen LogP contribution in [0.2, 0.25) is 0 Å². The Labute approximate surface area is 246 Å². The molecule has 1 aromatic carbocycles. The number of hydrogen-bond donors (Lipinski definition) is 1. The van der Waals surface area contributed by atoms with E-state index in [1.807, 2.05) is 6.92 Å². The van der Waals surface area contributed by atoms with Gasteiger partial charge in [-0.2, -0.15) is 0 Å². The van der Waals surface area contributed by atoms with Crippen molar-refractivity contribution in [1.82, 2.24) is 23.8 Å². The van der Waals surface area contributed by atoms with Crippen LogP contribution >= 0.6 is 0 Å². The Bertz CT molecular complexity index is 1780. The van der Waals surface area contributed by atoms with Gasteiger partial charge < -0.3 is 15.0 Å². The number of alkyl halides is 1. The van der Waals surface area contributed by atoms with Crippen LogP contribution in [0.3, 0.4) is 0 Å². The predicted molar refractivity (Wildman–Crippen MR) is 152 cm³/mol. The minimum absolute atomic E-state index is 0.0110. The van der Waals surface area contributed by atoms with Gasteiger partial charge in [-0.05, 0) is 50.8 Å². The fourth-order valence-electron chi connectivity index (χ4n) is 5.51. The normalized spacial score (nSPS) is 20.8. The van der Waals surface area contributed by atoms with E-state index in [1.54, 1.807) is 12.1 Å². The van der Waals surface area contributed by atoms with Crippen molar-refractivity contribution in [3.8, 4) is 11.4 Å². The maximum atomic E-state index is 14.9. The van der Waals surface area contributed by atoms with Gasteiger partial charge in [0.15, 0.2) is 23.1 Å². The van der Waals surface area contributed by atoms with Gasteiger partial charge in [0.2, 0.25) is 0 Å². The molecule has 2 aliphatic rings. The number of hydrogen-bond acceptors (Lipinski definition) is 8. The molecule has 0 bridgehead atoms. The first-order valence-electron chi connectivity index (χ1n) is 14.0. The Hall–Kier alpha value is -4.20. The lowest BCUT2D eigenvalue weighted by atomic mass is 9.93. The molecule has 6 rings (SSSR count). The van der Waals surface area contributed by atoms with Gasteiger partial charge in [0, 0.05) is 36.2 Å². The highest BCUT2D eigenvalue weighted by atomic mass is 32.2. The summed E-state index contributed by atoms with van der Waals surface area (Å²) in [5.74, 6) is -1.60. The second-order valence-corrected chi connectivity index (χ2v) is 12.7. The van der Waals surface area contributed by atoms with Crippen LogP contribution in [-0.4, -0.2) is 69.7 Å². The van der Waals surface area contributed by atoms with Crippen molar-refractivity contribution in [2.24, 2.45) is 0 Å². The molecule has 14 heteroatoms. The summed E-state index contributed by atoms with van der Waals surface area (Å²) in [4.78, 5) is 26.3. The number of fused-ring (bicyclic) bond motifs is 1.